The summed E-state index contributed by atoms with van der Waals surface area (Å²) in [6, 6.07) is 0.252. The summed E-state index contributed by atoms with van der Waals surface area (Å²) in [7, 11) is 0. The van der Waals surface area contributed by atoms with Gasteiger partial charge in [0.2, 0.25) is 0 Å². The Morgan fingerprint density at radius 1 is 1.58 bits per heavy atom. The van der Waals surface area contributed by atoms with E-state index < -0.39 is 0 Å². The van der Waals surface area contributed by atoms with Gasteiger partial charge in [-0.25, -0.2) is 0 Å². The summed E-state index contributed by atoms with van der Waals surface area (Å²) in [6.45, 7) is 4.44. The highest BCUT2D eigenvalue weighted by Crippen LogP contribution is 2.29. The van der Waals surface area contributed by atoms with Crippen molar-refractivity contribution in [2.45, 2.75) is 50.9 Å². The predicted octanol–water partition coefficient (Wildman–Crippen LogP) is 1.81. The van der Waals surface area contributed by atoms with E-state index in [1.807, 2.05) is 25.6 Å². The number of hydrogen-bond acceptors (Lipinski definition) is 4. The normalized spacial score (nSPS) is 22.7. The van der Waals surface area contributed by atoms with Crippen LogP contribution >= 0.6 is 11.8 Å². The van der Waals surface area contributed by atoms with E-state index in [9.17, 15) is 4.79 Å². The van der Waals surface area contributed by atoms with Crippen LogP contribution in [0.4, 0.5) is 5.69 Å². The molecule has 0 aliphatic heterocycles. The summed E-state index contributed by atoms with van der Waals surface area (Å²) < 4.78 is 1.68. The Labute approximate surface area is 118 Å². The Balaban J connectivity index is 2.16. The van der Waals surface area contributed by atoms with Crippen LogP contribution in [0.15, 0.2) is 0 Å². The molecule has 2 unspecified atom stereocenters. The zero-order chi connectivity index (χ0) is 14.0. The third-order valence-electron chi connectivity index (χ3n) is 3.76. The average molecular weight is 282 g/mol. The van der Waals surface area contributed by atoms with E-state index in [0.29, 0.717) is 23.2 Å². The molecule has 1 saturated carbocycles. The SMILES string of the molecule is CCn1nc(C)c(N)c1C(=O)NC1CCCC1SC. The summed E-state index contributed by atoms with van der Waals surface area (Å²) in [4.78, 5) is 12.4. The summed E-state index contributed by atoms with van der Waals surface area (Å²) in [5, 5.41) is 7.93. The number of nitrogens with zero attached hydrogens (tertiary/aromatic N) is 2. The van der Waals surface area contributed by atoms with Gasteiger partial charge in [-0.2, -0.15) is 16.9 Å². The van der Waals surface area contributed by atoms with Crippen LogP contribution in [0.25, 0.3) is 0 Å². The predicted molar refractivity (Wildman–Crippen MR) is 79.5 cm³/mol. The first-order valence-electron chi connectivity index (χ1n) is 6.75. The number of aryl methyl sites for hydroxylation is 2. The molecule has 6 heteroatoms. The highest BCUT2D eigenvalue weighted by atomic mass is 32.2. The number of nitrogens with two attached hydrogens (primary N) is 1. The number of thioether (sulfide) groups is 1. The number of carbonyl (C=O) groups is 1. The molecule has 1 amide bonds. The van der Waals surface area contributed by atoms with E-state index in [1.165, 1.54) is 12.8 Å². The Bertz CT molecular complexity index is 471. The highest BCUT2D eigenvalue weighted by molar-refractivity contribution is 7.99. The van der Waals surface area contributed by atoms with Crippen LogP contribution in [0.5, 0.6) is 0 Å². The van der Waals surface area contributed by atoms with Crippen LogP contribution in [0.3, 0.4) is 0 Å². The van der Waals surface area contributed by atoms with Crippen molar-refractivity contribution in [3.8, 4) is 0 Å². The van der Waals surface area contributed by atoms with Gasteiger partial charge < -0.3 is 11.1 Å². The van der Waals surface area contributed by atoms with Crippen molar-refractivity contribution < 1.29 is 4.79 Å². The Morgan fingerprint density at radius 2 is 2.32 bits per heavy atom. The highest BCUT2D eigenvalue weighted by Gasteiger charge is 2.29. The van der Waals surface area contributed by atoms with E-state index in [-0.39, 0.29) is 11.9 Å². The maximum atomic E-state index is 12.4. The van der Waals surface area contributed by atoms with E-state index in [1.54, 1.807) is 4.68 Å². The monoisotopic (exact) mass is 282 g/mol. The van der Waals surface area contributed by atoms with Crippen LogP contribution in [0.1, 0.15) is 42.4 Å². The first-order valence-corrected chi connectivity index (χ1v) is 8.03. The van der Waals surface area contributed by atoms with E-state index in [4.69, 9.17) is 5.73 Å². The second kappa shape index (κ2) is 5.86. The fourth-order valence-electron chi connectivity index (χ4n) is 2.67. The van der Waals surface area contributed by atoms with Crippen molar-refractivity contribution in [3.05, 3.63) is 11.4 Å². The molecule has 1 aliphatic rings. The number of amides is 1. The molecule has 0 saturated heterocycles. The second-order valence-corrected chi connectivity index (χ2v) is 6.03. The largest absolute Gasteiger partial charge is 0.395 e. The maximum absolute atomic E-state index is 12.4. The lowest BCUT2D eigenvalue weighted by molar-refractivity contribution is 0.0929. The summed E-state index contributed by atoms with van der Waals surface area (Å²) in [5.41, 5.74) is 7.70. The Hall–Kier alpha value is -1.17. The standard InChI is InChI=1S/C13H22N4OS/c1-4-17-12(11(14)8(2)16-17)13(18)15-9-6-5-7-10(9)19-3/h9-10H,4-7,14H2,1-3H3,(H,15,18). The van der Waals surface area contributed by atoms with Gasteiger partial charge in [-0.3, -0.25) is 9.48 Å². The number of rotatable bonds is 4. The van der Waals surface area contributed by atoms with E-state index >= 15 is 0 Å². The smallest absolute Gasteiger partial charge is 0.271 e. The molecule has 1 heterocycles. The summed E-state index contributed by atoms with van der Waals surface area (Å²) in [6.07, 6.45) is 5.51. The molecule has 106 valence electrons. The van der Waals surface area contributed by atoms with Gasteiger partial charge in [-0.05, 0) is 32.9 Å². The van der Waals surface area contributed by atoms with Crippen molar-refractivity contribution in [1.29, 1.82) is 0 Å². The molecule has 2 atom stereocenters. The number of carbonyl (C=O) groups excluding carboxylic acids is 1. The van der Waals surface area contributed by atoms with E-state index in [2.05, 4.69) is 16.7 Å². The number of hydrogen-bond donors (Lipinski definition) is 2. The van der Waals surface area contributed by atoms with Gasteiger partial charge in [0.05, 0.1) is 11.4 Å². The number of nitrogen functional groups attached to an aromatic ring is 1. The fraction of sp³-hybridized carbons (Fsp3) is 0.692. The van der Waals surface area contributed by atoms with Crippen molar-refractivity contribution in [2.24, 2.45) is 0 Å². The van der Waals surface area contributed by atoms with E-state index in [0.717, 1.165) is 12.1 Å². The van der Waals surface area contributed by atoms with Gasteiger partial charge in [0.25, 0.3) is 5.91 Å². The molecule has 2 rings (SSSR count). The van der Waals surface area contributed by atoms with Crippen molar-refractivity contribution in [1.82, 2.24) is 15.1 Å². The molecule has 19 heavy (non-hydrogen) atoms. The fourth-order valence-corrected chi connectivity index (χ4v) is 3.61. The molecule has 1 aliphatic carbocycles. The molecular weight excluding hydrogens is 260 g/mol. The van der Waals surface area contributed by atoms with Crippen LogP contribution in [-0.2, 0) is 6.54 Å². The quantitative estimate of drug-likeness (QED) is 0.883. The Kier molecular flexibility index (Phi) is 4.39. The number of anilines is 1. The zero-order valence-electron chi connectivity index (χ0n) is 11.8. The second-order valence-electron chi connectivity index (χ2n) is 4.95. The van der Waals surface area contributed by atoms with Gasteiger partial charge >= 0.3 is 0 Å². The van der Waals surface area contributed by atoms with Crippen molar-refractivity contribution in [2.75, 3.05) is 12.0 Å². The lowest BCUT2D eigenvalue weighted by atomic mass is 10.2. The molecule has 1 aromatic rings. The lowest BCUT2D eigenvalue weighted by Crippen LogP contribution is -2.39. The lowest BCUT2D eigenvalue weighted by Gasteiger charge is -2.19. The van der Waals surface area contributed by atoms with Gasteiger partial charge in [-0.15, -0.1) is 0 Å². The minimum atomic E-state index is -0.0918. The molecule has 0 radical (unpaired) electrons. The number of aromatic nitrogens is 2. The van der Waals surface area contributed by atoms with Gasteiger partial charge in [0.15, 0.2) is 0 Å². The van der Waals surface area contributed by atoms with Gasteiger partial charge in [0, 0.05) is 17.8 Å². The summed E-state index contributed by atoms with van der Waals surface area (Å²) >= 11 is 1.83. The molecule has 5 nitrogen and oxygen atoms in total. The minimum absolute atomic E-state index is 0.0918. The molecular formula is C13H22N4OS. The van der Waals surface area contributed by atoms with Crippen LogP contribution in [0, 0.1) is 6.92 Å². The van der Waals surface area contributed by atoms with Crippen LogP contribution < -0.4 is 11.1 Å². The van der Waals surface area contributed by atoms with Crippen molar-refractivity contribution >= 4 is 23.4 Å². The first kappa shape index (κ1) is 14.2. The van der Waals surface area contributed by atoms with Crippen LogP contribution in [-0.4, -0.2) is 33.2 Å². The average Bonchev–Trinajstić information content (AvgIpc) is 2.94. The zero-order valence-corrected chi connectivity index (χ0v) is 12.6. The van der Waals surface area contributed by atoms with Crippen molar-refractivity contribution in [3.63, 3.8) is 0 Å². The molecule has 1 fully saturated rings. The third kappa shape index (κ3) is 2.73. The van der Waals surface area contributed by atoms with Gasteiger partial charge in [-0.1, -0.05) is 6.42 Å². The topological polar surface area (TPSA) is 72.9 Å². The number of nitrogens with one attached hydrogen (secondary N) is 1. The maximum Gasteiger partial charge on any atom is 0.271 e. The first-order chi connectivity index (χ1) is 9.08. The molecule has 0 spiro atoms. The molecule has 0 bridgehead atoms. The van der Waals surface area contributed by atoms with Crippen LogP contribution in [0.2, 0.25) is 0 Å². The molecule has 1 aromatic heterocycles. The Morgan fingerprint density at radius 3 is 2.95 bits per heavy atom. The third-order valence-corrected chi connectivity index (χ3v) is 4.93. The minimum Gasteiger partial charge on any atom is -0.395 e. The molecule has 0 aromatic carbocycles. The van der Waals surface area contributed by atoms with Gasteiger partial charge in [0.1, 0.15) is 5.69 Å². The molecule has 3 N–H and O–H groups in total. The summed E-state index contributed by atoms with van der Waals surface area (Å²) in [5.74, 6) is -0.0918.